The zero-order valence-corrected chi connectivity index (χ0v) is 12.8. The minimum atomic E-state index is -0.0221. The first-order valence-corrected chi connectivity index (χ1v) is 5.71. The number of carbonyl (C=O) groups excluding carboxylic acids is 3. The van der Waals surface area contributed by atoms with E-state index in [-0.39, 0.29) is 36.8 Å². The zero-order chi connectivity index (χ0) is 13.8. The van der Waals surface area contributed by atoms with Gasteiger partial charge >= 0.3 is 0 Å². The topological polar surface area (TPSA) is 51.2 Å². The van der Waals surface area contributed by atoms with Crippen LogP contribution in [0.25, 0.3) is 0 Å². The van der Waals surface area contributed by atoms with Gasteiger partial charge in [-0.1, -0.05) is 36.5 Å². The van der Waals surface area contributed by atoms with Crippen LogP contribution in [0.3, 0.4) is 0 Å². The molecule has 0 unspecified atom stereocenters. The number of Topliss-reactive ketones (excluding diaryl/α,β-unsaturated/α-hetero) is 1. The average molecular weight is 347 g/mol. The molecule has 0 aliphatic carbocycles. The molecule has 0 bridgehead atoms. The molecule has 0 amide bonds. The van der Waals surface area contributed by atoms with Crippen molar-refractivity contribution in [2.24, 2.45) is 0 Å². The van der Waals surface area contributed by atoms with E-state index in [2.05, 4.69) is 0 Å². The molecule has 0 rings (SSSR count). The quantitative estimate of drug-likeness (QED) is 0.385. The largest absolute Gasteiger partial charge is 0.299 e. The van der Waals surface area contributed by atoms with Crippen molar-refractivity contribution in [2.45, 2.75) is 26.7 Å². The molecule has 4 heteroatoms. The first-order valence-electron chi connectivity index (χ1n) is 5.71. The molecule has 0 N–H and O–H groups in total. The fourth-order valence-corrected chi connectivity index (χ4v) is 1.02. The van der Waals surface area contributed by atoms with Gasteiger partial charge in [-0.15, -0.1) is 0 Å². The van der Waals surface area contributed by atoms with E-state index in [9.17, 15) is 14.4 Å². The van der Waals surface area contributed by atoms with Crippen LogP contribution >= 0.6 is 0 Å². The number of hydrogen-bond donors (Lipinski definition) is 0. The van der Waals surface area contributed by atoms with Crippen LogP contribution in [0.2, 0.25) is 0 Å². The van der Waals surface area contributed by atoms with Crippen LogP contribution in [0.4, 0.5) is 0 Å². The molecule has 0 aliphatic heterocycles. The van der Waals surface area contributed by atoms with Gasteiger partial charge < -0.3 is 0 Å². The van der Waals surface area contributed by atoms with Crippen LogP contribution in [0.1, 0.15) is 26.7 Å². The summed E-state index contributed by atoms with van der Waals surface area (Å²) in [7, 11) is 0. The second-order valence-corrected chi connectivity index (χ2v) is 3.74. The fourth-order valence-electron chi connectivity index (χ4n) is 1.02. The Morgan fingerprint density at radius 2 is 1.11 bits per heavy atom. The van der Waals surface area contributed by atoms with Crippen molar-refractivity contribution in [1.82, 2.24) is 0 Å². The third-order valence-corrected chi connectivity index (χ3v) is 1.85. The standard InChI is InChI=1S/C15H18O3.Ru/c1-13(16)9-5-3-7-11-15(18)12-8-4-6-10-14(2)17;/h3-10H,11-12H2,1-2H3;. The predicted octanol–water partition coefficient (Wildman–Crippen LogP) is 2.74. The van der Waals surface area contributed by atoms with Gasteiger partial charge in [0.05, 0.1) is 0 Å². The van der Waals surface area contributed by atoms with Crippen molar-refractivity contribution in [2.75, 3.05) is 0 Å². The first kappa shape index (κ1) is 19.9. The number of ketones is 3. The summed E-state index contributed by atoms with van der Waals surface area (Å²) in [6, 6.07) is 0. The maximum absolute atomic E-state index is 11.4. The van der Waals surface area contributed by atoms with E-state index < -0.39 is 0 Å². The van der Waals surface area contributed by atoms with Crippen LogP contribution in [0.15, 0.2) is 48.6 Å². The zero-order valence-electron chi connectivity index (χ0n) is 11.1. The predicted molar refractivity (Wildman–Crippen MR) is 72.2 cm³/mol. The molecule has 0 aromatic rings. The van der Waals surface area contributed by atoms with Crippen molar-refractivity contribution < 1.29 is 33.9 Å². The maximum atomic E-state index is 11.4. The van der Waals surface area contributed by atoms with Crippen molar-refractivity contribution in [1.29, 1.82) is 0 Å². The minimum Gasteiger partial charge on any atom is -0.299 e. The number of allylic oxidation sites excluding steroid dienone is 8. The summed E-state index contributed by atoms with van der Waals surface area (Å²) in [5.41, 5.74) is 0. The van der Waals surface area contributed by atoms with Gasteiger partial charge in [0.25, 0.3) is 0 Å². The Hall–Kier alpha value is -1.41. The Labute approximate surface area is 126 Å². The molecule has 19 heavy (non-hydrogen) atoms. The number of rotatable bonds is 8. The van der Waals surface area contributed by atoms with E-state index in [0.717, 1.165) is 0 Å². The molecule has 0 saturated heterocycles. The molecular weight excluding hydrogens is 329 g/mol. The molecule has 0 heterocycles. The molecule has 0 atom stereocenters. The molecule has 0 aromatic carbocycles. The molecule has 0 spiro atoms. The first-order chi connectivity index (χ1) is 8.52. The van der Waals surface area contributed by atoms with Crippen LogP contribution in [0.5, 0.6) is 0 Å². The number of hydrogen-bond acceptors (Lipinski definition) is 3. The third-order valence-electron chi connectivity index (χ3n) is 1.85. The monoisotopic (exact) mass is 348 g/mol. The summed E-state index contributed by atoms with van der Waals surface area (Å²) in [4.78, 5) is 32.5. The Morgan fingerprint density at radius 1 is 0.737 bits per heavy atom. The molecule has 0 aromatic heterocycles. The second-order valence-electron chi connectivity index (χ2n) is 3.74. The molecule has 3 nitrogen and oxygen atoms in total. The van der Waals surface area contributed by atoms with Gasteiger partial charge in [-0.25, -0.2) is 0 Å². The van der Waals surface area contributed by atoms with E-state index in [1.807, 2.05) is 0 Å². The summed E-state index contributed by atoms with van der Waals surface area (Å²) in [5.74, 6) is 0.0345. The van der Waals surface area contributed by atoms with Gasteiger partial charge in [-0.2, -0.15) is 0 Å². The Bertz CT molecular complexity index is 377. The normalized spacial score (nSPS) is 11.5. The van der Waals surface area contributed by atoms with Crippen LogP contribution in [-0.2, 0) is 33.9 Å². The number of carbonyl (C=O) groups is 3. The SMILES string of the molecule is CC(=O)C=CC=CCC(=O)CC=CC=CC(C)=O.[Ru]. The Kier molecular flexibility index (Phi) is 13.7. The van der Waals surface area contributed by atoms with Gasteiger partial charge in [-0.05, 0) is 26.0 Å². The van der Waals surface area contributed by atoms with Crippen LogP contribution < -0.4 is 0 Å². The third kappa shape index (κ3) is 16.6. The smallest absolute Gasteiger partial charge is 0.152 e. The van der Waals surface area contributed by atoms with Crippen LogP contribution in [0, 0.1) is 0 Å². The van der Waals surface area contributed by atoms with E-state index in [1.165, 1.54) is 26.0 Å². The fraction of sp³-hybridized carbons (Fsp3) is 0.267. The summed E-state index contributed by atoms with van der Waals surface area (Å²) in [5, 5.41) is 0. The van der Waals surface area contributed by atoms with E-state index >= 15 is 0 Å². The van der Waals surface area contributed by atoms with Gasteiger partial charge in [-0.3, -0.25) is 14.4 Å². The van der Waals surface area contributed by atoms with Gasteiger partial charge in [0, 0.05) is 32.3 Å². The van der Waals surface area contributed by atoms with E-state index in [1.54, 1.807) is 36.5 Å². The van der Waals surface area contributed by atoms with E-state index in [0.29, 0.717) is 12.8 Å². The van der Waals surface area contributed by atoms with Crippen molar-refractivity contribution in [3.8, 4) is 0 Å². The molecule has 104 valence electrons. The van der Waals surface area contributed by atoms with Gasteiger partial charge in [0.2, 0.25) is 0 Å². The van der Waals surface area contributed by atoms with Crippen molar-refractivity contribution in [3.05, 3.63) is 48.6 Å². The maximum Gasteiger partial charge on any atom is 0.152 e. The molecular formula is C15H18O3Ru. The molecule has 0 radical (unpaired) electrons. The molecule has 0 aliphatic rings. The summed E-state index contributed by atoms with van der Waals surface area (Å²) in [6.07, 6.45) is 13.5. The van der Waals surface area contributed by atoms with Crippen LogP contribution in [-0.4, -0.2) is 17.3 Å². The second kappa shape index (κ2) is 13.0. The van der Waals surface area contributed by atoms with Gasteiger partial charge in [0.1, 0.15) is 5.78 Å². The van der Waals surface area contributed by atoms with Crippen molar-refractivity contribution >= 4 is 17.3 Å². The Balaban J connectivity index is 0. The summed E-state index contributed by atoms with van der Waals surface area (Å²) >= 11 is 0. The molecule has 0 saturated carbocycles. The minimum absolute atomic E-state index is 0. The Morgan fingerprint density at radius 3 is 1.42 bits per heavy atom. The molecule has 0 fully saturated rings. The summed E-state index contributed by atoms with van der Waals surface area (Å²) < 4.78 is 0. The average Bonchev–Trinajstić information content (AvgIpc) is 2.27. The summed E-state index contributed by atoms with van der Waals surface area (Å²) in [6.45, 7) is 2.93. The van der Waals surface area contributed by atoms with Gasteiger partial charge in [0.15, 0.2) is 11.6 Å². The van der Waals surface area contributed by atoms with E-state index in [4.69, 9.17) is 0 Å². The van der Waals surface area contributed by atoms with Crippen molar-refractivity contribution in [3.63, 3.8) is 0 Å².